The monoisotopic (exact) mass is 370 g/mol. The van der Waals surface area contributed by atoms with Crippen molar-refractivity contribution in [3.8, 4) is 11.5 Å². The van der Waals surface area contributed by atoms with Gasteiger partial charge in [-0.1, -0.05) is 12.1 Å². The van der Waals surface area contributed by atoms with Crippen molar-refractivity contribution in [3.63, 3.8) is 0 Å². The molecule has 1 saturated carbocycles. The van der Waals surface area contributed by atoms with Gasteiger partial charge in [0, 0.05) is 25.1 Å². The minimum Gasteiger partial charge on any atom is -0.504 e. The summed E-state index contributed by atoms with van der Waals surface area (Å²) in [5, 5.41) is 25.6. The number of phenolic OH excluding ortho intramolecular Hbond substituents is 1. The van der Waals surface area contributed by atoms with Crippen molar-refractivity contribution < 1.29 is 19.7 Å². The van der Waals surface area contributed by atoms with E-state index in [-0.39, 0.29) is 29.8 Å². The predicted molar refractivity (Wildman–Crippen MR) is 99.9 cm³/mol. The highest BCUT2D eigenvalue weighted by Gasteiger charge is 2.72. The first-order valence-corrected chi connectivity index (χ1v) is 9.79. The quantitative estimate of drug-likeness (QED) is 0.698. The van der Waals surface area contributed by atoms with Crippen LogP contribution in [-0.2, 0) is 16.6 Å². The molecular formula is C21H26N2O4. The third-order valence-corrected chi connectivity index (χ3v) is 7.33. The number of phenols is 1. The maximum absolute atomic E-state index is 12.1. The Hall–Kier alpha value is -2.05. The number of amides is 1. The number of nitrogens with one attached hydrogen (secondary N) is 1. The summed E-state index contributed by atoms with van der Waals surface area (Å²) in [7, 11) is 0. The molecule has 1 aromatic carbocycles. The fourth-order valence-electron chi connectivity index (χ4n) is 6.42. The lowest BCUT2D eigenvalue weighted by atomic mass is 9.48. The van der Waals surface area contributed by atoms with Crippen molar-refractivity contribution in [1.82, 2.24) is 10.2 Å². The lowest BCUT2D eigenvalue weighted by Crippen LogP contribution is -2.78. The second-order valence-electron chi connectivity index (χ2n) is 8.48. The fraction of sp³-hybridized carbons (Fsp3) is 0.571. The van der Waals surface area contributed by atoms with Gasteiger partial charge in [-0.05, 0) is 43.9 Å². The summed E-state index contributed by atoms with van der Waals surface area (Å²) in [4.78, 5) is 14.1. The van der Waals surface area contributed by atoms with Crippen LogP contribution in [0.2, 0.25) is 0 Å². The zero-order valence-corrected chi connectivity index (χ0v) is 15.6. The number of hydrogen-bond donors (Lipinski definition) is 3. The molecule has 5 rings (SSSR count). The minimum absolute atomic E-state index is 0.0170. The first-order chi connectivity index (χ1) is 12.9. The van der Waals surface area contributed by atoms with Crippen LogP contribution in [0.4, 0.5) is 0 Å². The lowest BCUT2D eigenvalue weighted by molar-refractivity contribution is -0.189. The number of likely N-dealkylation sites (tertiary alicyclic amines) is 1. The van der Waals surface area contributed by atoms with Crippen LogP contribution in [0.5, 0.6) is 11.5 Å². The number of hydrogen-bond acceptors (Lipinski definition) is 5. The molecule has 1 aromatic rings. The van der Waals surface area contributed by atoms with Gasteiger partial charge < -0.3 is 20.3 Å². The summed E-state index contributed by atoms with van der Waals surface area (Å²) in [5.74, 6) is 0.527. The van der Waals surface area contributed by atoms with Crippen LogP contribution < -0.4 is 10.1 Å². The van der Waals surface area contributed by atoms with E-state index in [4.69, 9.17) is 4.74 Å². The zero-order valence-electron chi connectivity index (χ0n) is 15.6. The topological polar surface area (TPSA) is 82.0 Å². The second kappa shape index (κ2) is 5.49. The number of benzene rings is 1. The zero-order chi connectivity index (χ0) is 19.0. The van der Waals surface area contributed by atoms with Crippen LogP contribution in [0, 0.1) is 0 Å². The van der Waals surface area contributed by atoms with Crippen LogP contribution >= 0.6 is 0 Å². The number of carbonyl (C=O) groups is 1. The molecular weight excluding hydrogens is 344 g/mol. The Balaban J connectivity index is 1.72. The Bertz CT molecular complexity index is 840. The molecule has 27 heavy (non-hydrogen) atoms. The molecule has 5 atom stereocenters. The molecule has 1 amide bonds. The number of rotatable bonds is 3. The molecule has 2 fully saturated rings. The Morgan fingerprint density at radius 1 is 1.48 bits per heavy atom. The van der Waals surface area contributed by atoms with Gasteiger partial charge in [0.25, 0.3) is 0 Å². The van der Waals surface area contributed by atoms with E-state index < -0.39 is 11.0 Å². The van der Waals surface area contributed by atoms with E-state index in [2.05, 4.69) is 16.8 Å². The van der Waals surface area contributed by atoms with Crippen molar-refractivity contribution in [2.45, 2.75) is 61.8 Å². The highest BCUT2D eigenvalue weighted by molar-refractivity contribution is 5.73. The summed E-state index contributed by atoms with van der Waals surface area (Å²) in [6.45, 7) is 6.97. The molecule has 6 heteroatoms. The number of carbonyl (C=O) groups excluding carboxylic acids is 1. The summed E-state index contributed by atoms with van der Waals surface area (Å²) < 4.78 is 6.32. The summed E-state index contributed by atoms with van der Waals surface area (Å²) >= 11 is 0. The van der Waals surface area contributed by atoms with Crippen molar-refractivity contribution in [3.05, 3.63) is 35.9 Å². The van der Waals surface area contributed by atoms with Gasteiger partial charge in [-0.3, -0.25) is 9.69 Å². The summed E-state index contributed by atoms with van der Waals surface area (Å²) in [5.41, 5.74) is 0.569. The Morgan fingerprint density at radius 2 is 2.30 bits per heavy atom. The highest BCUT2D eigenvalue weighted by Crippen LogP contribution is 2.65. The summed E-state index contributed by atoms with van der Waals surface area (Å²) in [6, 6.07) is 3.46. The third-order valence-electron chi connectivity index (χ3n) is 7.33. The molecule has 3 N–H and O–H groups in total. The first kappa shape index (κ1) is 17.1. The molecule has 2 heterocycles. The van der Waals surface area contributed by atoms with Crippen LogP contribution in [0.3, 0.4) is 0 Å². The first-order valence-electron chi connectivity index (χ1n) is 9.79. The molecule has 1 unspecified atom stereocenters. The Morgan fingerprint density at radius 3 is 3.04 bits per heavy atom. The average molecular weight is 370 g/mol. The van der Waals surface area contributed by atoms with E-state index in [0.29, 0.717) is 18.6 Å². The largest absolute Gasteiger partial charge is 0.504 e. The molecule has 1 spiro atoms. The van der Waals surface area contributed by atoms with Gasteiger partial charge in [0.2, 0.25) is 5.91 Å². The van der Waals surface area contributed by atoms with E-state index in [1.165, 1.54) is 6.92 Å². The average Bonchev–Trinajstić information content (AvgIpc) is 2.97. The van der Waals surface area contributed by atoms with Crippen molar-refractivity contribution in [2.24, 2.45) is 0 Å². The van der Waals surface area contributed by atoms with Gasteiger partial charge in [-0.15, -0.1) is 6.58 Å². The smallest absolute Gasteiger partial charge is 0.217 e. The predicted octanol–water partition coefficient (Wildman–Crippen LogP) is 1.24. The lowest BCUT2D eigenvalue weighted by Gasteiger charge is -2.64. The Labute approximate surface area is 158 Å². The summed E-state index contributed by atoms with van der Waals surface area (Å²) in [6.07, 6.45) is 4.25. The SMILES string of the molecule is C=CCN1CC[C@@]23c4c5ccc(O)c4O[C@@H]2C(NC(C)=O)CC[C@]3(O)[C@@H]1C5. The van der Waals surface area contributed by atoms with Gasteiger partial charge in [-0.25, -0.2) is 0 Å². The number of piperidine rings is 1. The van der Waals surface area contributed by atoms with Crippen LogP contribution in [0.1, 0.15) is 37.3 Å². The molecule has 0 aromatic heterocycles. The van der Waals surface area contributed by atoms with E-state index in [9.17, 15) is 15.0 Å². The molecule has 144 valence electrons. The van der Waals surface area contributed by atoms with Gasteiger partial charge in [0.05, 0.1) is 17.1 Å². The van der Waals surface area contributed by atoms with E-state index >= 15 is 0 Å². The number of nitrogens with zero attached hydrogens (tertiary/aromatic N) is 1. The van der Waals surface area contributed by atoms with Crippen LogP contribution in [0.25, 0.3) is 0 Å². The van der Waals surface area contributed by atoms with Gasteiger partial charge in [-0.2, -0.15) is 0 Å². The molecule has 2 bridgehead atoms. The Kier molecular flexibility index (Phi) is 3.47. The van der Waals surface area contributed by atoms with Crippen LogP contribution in [0.15, 0.2) is 24.8 Å². The van der Waals surface area contributed by atoms with Gasteiger partial charge in [0.15, 0.2) is 11.5 Å². The van der Waals surface area contributed by atoms with Crippen molar-refractivity contribution >= 4 is 5.91 Å². The minimum atomic E-state index is -0.945. The maximum Gasteiger partial charge on any atom is 0.217 e. The van der Waals surface area contributed by atoms with Gasteiger partial charge in [0.1, 0.15) is 6.10 Å². The van der Waals surface area contributed by atoms with E-state index in [0.717, 1.165) is 37.1 Å². The molecule has 2 aliphatic carbocycles. The van der Waals surface area contributed by atoms with Gasteiger partial charge >= 0.3 is 0 Å². The molecule has 6 nitrogen and oxygen atoms in total. The van der Waals surface area contributed by atoms with E-state index in [1.807, 2.05) is 12.1 Å². The third kappa shape index (κ3) is 1.95. The fourth-order valence-corrected chi connectivity index (χ4v) is 6.42. The molecule has 0 radical (unpaired) electrons. The standard InChI is InChI=1S/C21H26N2O4/c1-3-9-23-10-8-20-17-13-4-5-15(25)18(17)27-19(20)14(22-12(2)24)6-7-21(20,26)16(23)11-13/h3-5,14,16,19,25-26H,1,6-11H2,2H3,(H,22,24)/t14?,16-,19+,20+,21-/m0/s1. The second-order valence-corrected chi connectivity index (χ2v) is 8.48. The van der Waals surface area contributed by atoms with E-state index in [1.54, 1.807) is 6.07 Å². The molecule has 1 saturated heterocycles. The van der Waals surface area contributed by atoms with Crippen molar-refractivity contribution in [2.75, 3.05) is 13.1 Å². The number of aromatic hydroxyl groups is 1. The maximum atomic E-state index is 12.1. The molecule has 4 aliphatic rings. The molecule has 2 aliphatic heterocycles. The normalized spacial score (nSPS) is 38.7. The van der Waals surface area contributed by atoms with Crippen molar-refractivity contribution in [1.29, 1.82) is 0 Å². The number of ether oxygens (including phenoxy) is 1. The number of aliphatic hydroxyl groups is 1. The highest BCUT2D eigenvalue weighted by atomic mass is 16.5. The van der Waals surface area contributed by atoms with Crippen LogP contribution in [-0.4, -0.2) is 57.9 Å².